The van der Waals surface area contributed by atoms with E-state index in [1.165, 1.54) is 12.1 Å². The van der Waals surface area contributed by atoms with Gasteiger partial charge in [0.25, 0.3) is 5.56 Å². The van der Waals surface area contributed by atoms with E-state index in [1.807, 2.05) is 0 Å². The summed E-state index contributed by atoms with van der Waals surface area (Å²) in [6.07, 6.45) is 0. The summed E-state index contributed by atoms with van der Waals surface area (Å²) >= 11 is 2.93. The largest absolute Gasteiger partial charge is 0.325 e. The maximum atomic E-state index is 13.4. The van der Waals surface area contributed by atoms with Gasteiger partial charge in [0.2, 0.25) is 0 Å². The maximum absolute atomic E-state index is 13.4. The summed E-state index contributed by atoms with van der Waals surface area (Å²) in [5.41, 5.74) is 5.61. The Hall–Kier alpha value is -1.60. The van der Waals surface area contributed by atoms with Gasteiger partial charge in [-0.05, 0) is 28.1 Å². The van der Waals surface area contributed by atoms with Crippen LogP contribution < -0.4 is 11.3 Å². The Morgan fingerprint density at radius 2 is 2.11 bits per heavy atom. The fraction of sp³-hybridized carbons (Fsp3) is 0.0909. The third-order valence-electron chi connectivity index (χ3n) is 2.29. The first-order valence-corrected chi connectivity index (χ1v) is 5.76. The van der Waals surface area contributed by atoms with Crippen molar-refractivity contribution in [3.05, 3.63) is 50.4 Å². The monoisotopic (exact) mass is 315 g/mol. The van der Waals surface area contributed by atoms with Crippen LogP contribution >= 0.6 is 15.9 Å². The van der Waals surface area contributed by atoms with Crippen LogP contribution in [-0.2, 0) is 6.54 Å². The smallest absolute Gasteiger partial charge is 0.251 e. The van der Waals surface area contributed by atoms with E-state index >= 15 is 0 Å². The van der Waals surface area contributed by atoms with E-state index in [1.54, 1.807) is 0 Å². The van der Waals surface area contributed by atoms with Crippen molar-refractivity contribution in [1.82, 2.24) is 9.97 Å². The minimum absolute atomic E-state index is 0.0816. The first kappa shape index (κ1) is 12.8. The van der Waals surface area contributed by atoms with Crippen molar-refractivity contribution < 1.29 is 8.78 Å². The number of H-pyrrole nitrogens is 1. The standard InChI is InChI=1S/C11H8BrF2N3O/c12-9-6(1-2-7(13)10(9)14)11-16-5(4-15)3-8(18)17-11/h1-3H,4,15H2,(H,16,17,18). The Kier molecular flexibility index (Phi) is 3.53. The Morgan fingerprint density at radius 3 is 2.78 bits per heavy atom. The number of aromatic nitrogens is 2. The van der Waals surface area contributed by atoms with Crippen LogP contribution in [0.2, 0.25) is 0 Å². The molecule has 18 heavy (non-hydrogen) atoms. The summed E-state index contributed by atoms with van der Waals surface area (Å²) in [5, 5.41) is 0. The van der Waals surface area contributed by atoms with Crippen LogP contribution in [0.25, 0.3) is 11.4 Å². The molecule has 0 aliphatic carbocycles. The third-order valence-corrected chi connectivity index (χ3v) is 3.07. The Bertz CT molecular complexity index is 657. The summed E-state index contributed by atoms with van der Waals surface area (Å²) in [6, 6.07) is 3.53. The minimum atomic E-state index is -1.03. The van der Waals surface area contributed by atoms with Crippen molar-refractivity contribution in [2.24, 2.45) is 5.73 Å². The Morgan fingerprint density at radius 1 is 1.39 bits per heavy atom. The SMILES string of the molecule is NCc1cc(=O)[nH]c(-c2ccc(F)c(F)c2Br)n1. The van der Waals surface area contributed by atoms with Gasteiger partial charge >= 0.3 is 0 Å². The normalized spacial score (nSPS) is 10.7. The number of aromatic amines is 1. The van der Waals surface area contributed by atoms with E-state index in [-0.39, 0.29) is 22.4 Å². The lowest BCUT2D eigenvalue weighted by Gasteiger charge is -2.06. The molecule has 94 valence electrons. The molecule has 1 aromatic carbocycles. The van der Waals surface area contributed by atoms with E-state index in [0.29, 0.717) is 5.69 Å². The van der Waals surface area contributed by atoms with Gasteiger partial charge in [0, 0.05) is 18.2 Å². The number of hydrogen-bond acceptors (Lipinski definition) is 3. The van der Waals surface area contributed by atoms with Gasteiger partial charge < -0.3 is 10.7 Å². The van der Waals surface area contributed by atoms with Crippen LogP contribution in [0.5, 0.6) is 0 Å². The second-order valence-corrected chi connectivity index (χ2v) is 4.31. The van der Waals surface area contributed by atoms with Crippen molar-refractivity contribution >= 4 is 15.9 Å². The van der Waals surface area contributed by atoms with Gasteiger partial charge in [0.15, 0.2) is 11.6 Å². The van der Waals surface area contributed by atoms with Gasteiger partial charge in [-0.3, -0.25) is 4.79 Å². The molecule has 0 bridgehead atoms. The molecule has 0 saturated carbocycles. The molecule has 0 aliphatic heterocycles. The quantitative estimate of drug-likeness (QED) is 0.832. The van der Waals surface area contributed by atoms with Crippen molar-refractivity contribution in [3.63, 3.8) is 0 Å². The highest BCUT2D eigenvalue weighted by Gasteiger charge is 2.14. The highest BCUT2D eigenvalue weighted by Crippen LogP contribution is 2.29. The molecule has 4 nitrogen and oxygen atoms in total. The number of halogens is 3. The van der Waals surface area contributed by atoms with Crippen LogP contribution in [0.15, 0.2) is 27.5 Å². The molecule has 0 unspecified atom stereocenters. The average Bonchev–Trinajstić information content (AvgIpc) is 2.35. The van der Waals surface area contributed by atoms with Crippen molar-refractivity contribution in [1.29, 1.82) is 0 Å². The van der Waals surface area contributed by atoms with Crippen molar-refractivity contribution in [3.8, 4) is 11.4 Å². The molecule has 0 saturated heterocycles. The fourth-order valence-electron chi connectivity index (χ4n) is 1.45. The van der Waals surface area contributed by atoms with Crippen LogP contribution in [-0.4, -0.2) is 9.97 Å². The van der Waals surface area contributed by atoms with Crippen LogP contribution in [0.3, 0.4) is 0 Å². The van der Waals surface area contributed by atoms with E-state index in [9.17, 15) is 13.6 Å². The second-order valence-electron chi connectivity index (χ2n) is 3.51. The number of benzene rings is 1. The molecular formula is C11H8BrF2N3O. The molecule has 1 aromatic heterocycles. The second kappa shape index (κ2) is 4.95. The summed E-state index contributed by atoms with van der Waals surface area (Å²) in [6.45, 7) is 0.0816. The van der Waals surface area contributed by atoms with Crippen LogP contribution in [0.1, 0.15) is 5.69 Å². The zero-order chi connectivity index (χ0) is 13.3. The maximum Gasteiger partial charge on any atom is 0.251 e. The van der Waals surface area contributed by atoms with Crippen LogP contribution in [0, 0.1) is 11.6 Å². The summed E-state index contributed by atoms with van der Waals surface area (Å²) < 4.78 is 26.3. The molecular weight excluding hydrogens is 308 g/mol. The lowest BCUT2D eigenvalue weighted by atomic mass is 10.2. The lowest BCUT2D eigenvalue weighted by molar-refractivity contribution is 0.504. The predicted molar refractivity (Wildman–Crippen MR) is 65.8 cm³/mol. The fourth-order valence-corrected chi connectivity index (χ4v) is 1.96. The van der Waals surface area contributed by atoms with E-state index in [2.05, 4.69) is 25.9 Å². The van der Waals surface area contributed by atoms with E-state index in [0.717, 1.165) is 6.07 Å². The molecule has 7 heteroatoms. The van der Waals surface area contributed by atoms with Crippen LogP contribution in [0.4, 0.5) is 8.78 Å². The van der Waals surface area contributed by atoms with Gasteiger partial charge in [-0.15, -0.1) is 0 Å². The van der Waals surface area contributed by atoms with E-state index < -0.39 is 17.2 Å². The summed E-state index contributed by atoms with van der Waals surface area (Å²) in [5.74, 6) is -1.88. The summed E-state index contributed by atoms with van der Waals surface area (Å²) in [4.78, 5) is 17.9. The van der Waals surface area contributed by atoms with Crippen molar-refractivity contribution in [2.45, 2.75) is 6.54 Å². The number of nitrogens with one attached hydrogen (secondary N) is 1. The van der Waals surface area contributed by atoms with Gasteiger partial charge in [0.05, 0.1) is 10.2 Å². The molecule has 0 atom stereocenters. The highest BCUT2D eigenvalue weighted by atomic mass is 79.9. The molecule has 3 N–H and O–H groups in total. The topological polar surface area (TPSA) is 71.8 Å². The summed E-state index contributed by atoms with van der Waals surface area (Å²) in [7, 11) is 0. The Balaban J connectivity index is 2.66. The van der Waals surface area contributed by atoms with E-state index in [4.69, 9.17) is 5.73 Å². The molecule has 0 amide bonds. The number of nitrogens with zero attached hydrogens (tertiary/aromatic N) is 1. The number of nitrogens with two attached hydrogens (primary N) is 1. The minimum Gasteiger partial charge on any atom is -0.325 e. The highest BCUT2D eigenvalue weighted by molar-refractivity contribution is 9.10. The lowest BCUT2D eigenvalue weighted by Crippen LogP contribution is -2.13. The van der Waals surface area contributed by atoms with Gasteiger partial charge in [-0.1, -0.05) is 0 Å². The molecule has 2 aromatic rings. The third kappa shape index (κ3) is 2.32. The average molecular weight is 316 g/mol. The first-order valence-electron chi connectivity index (χ1n) is 4.97. The predicted octanol–water partition coefficient (Wildman–Crippen LogP) is 1.94. The van der Waals surface area contributed by atoms with Gasteiger partial charge in [-0.2, -0.15) is 0 Å². The first-order chi connectivity index (χ1) is 8.52. The molecule has 1 heterocycles. The zero-order valence-electron chi connectivity index (χ0n) is 9.01. The molecule has 2 rings (SSSR count). The van der Waals surface area contributed by atoms with Gasteiger partial charge in [-0.25, -0.2) is 13.8 Å². The molecule has 0 radical (unpaired) electrons. The Labute approximate surface area is 109 Å². The van der Waals surface area contributed by atoms with Crippen molar-refractivity contribution in [2.75, 3.05) is 0 Å². The number of hydrogen-bond donors (Lipinski definition) is 2. The zero-order valence-corrected chi connectivity index (χ0v) is 10.6. The molecule has 0 aliphatic rings. The number of rotatable bonds is 2. The molecule has 0 spiro atoms. The van der Waals surface area contributed by atoms with Gasteiger partial charge in [0.1, 0.15) is 5.82 Å². The molecule has 0 fully saturated rings.